The first kappa shape index (κ1) is 15.2. The fourth-order valence-corrected chi connectivity index (χ4v) is 2.22. The summed E-state index contributed by atoms with van der Waals surface area (Å²) in [7, 11) is 1.41. The zero-order chi connectivity index (χ0) is 13.8. The highest BCUT2D eigenvalue weighted by Gasteiger charge is 2.34. The molecule has 0 saturated carbocycles. The summed E-state index contributed by atoms with van der Waals surface area (Å²) in [5, 5.41) is 7.43. The topological polar surface area (TPSA) is 56.2 Å². The molecule has 102 valence electrons. The van der Waals surface area contributed by atoms with Gasteiger partial charge in [-0.05, 0) is 43.1 Å². The quantitative estimate of drug-likeness (QED) is 0.815. The molecular formula is C12H20BrN3O2. The monoisotopic (exact) mass is 317 g/mol. The minimum absolute atomic E-state index is 0.207. The molecule has 0 radical (unpaired) electrons. The third kappa shape index (κ3) is 4.10. The van der Waals surface area contributed by atoms with Gasteiger partial charge in [0.05, 0.1) is 17.8 Å². The summed E-state index contributed by atoms with van der Waals surface area (Å²) < 4.78 is 7.60. The van der Waals surface area contributed by atoms with E-state index in [1.807, 2.05) is 27.0 Å². The van der Waals surface area contributed by atoms with Crippen LogP contribution < -0.4 is 5.32 Å². The van der Waals surface area contributed by atoms with Gasteiger partial charge >= 0.3 is 5.97 Å². The largest absolute Gasteiger partial charge is 0.468 e. The molecule has 18 heavy (non-hydrogen) atoms. The Kier molecular flexibility index (Phi) is 5.34. The number of aryl methyl sites for hydroxylation is 1. The molecule has 1 aromatic rings. The number of ether oxygens (including phenoxy) is 1. The first-order valence-corrected chi connectivity index (χ1v) is 6.71. The number of hydrogen-bond donors (Lipinski definition) is 1. The third-order valence-electron chi connectivity index (χ3n) is 2.69. The van der Waals surface area contributed by atoms with Crippen molar-refractivity contribution < 1.29 is 9.53 Å². The van der Waals surface area contributed by atoms with Crippen molar-refractivity contribution in [1.29, 1.82) is 0 Å². The van der Waals surface area contributed by atoms with E-state index >= 15 is 0 Å². The molecule has 6 heteroatoms. The summed E-state index contributed by atoms with van der Waals surface area (Å²) in [4.78, 5) is 11.9. The maximum Gasteiger partial charge on any atom is 0.325 e. The van der Waals surface area contributed by atoms with Crippen LogP contribution in [0.4, 0.5) is 0 Å². The van der Waals surface area contributed by atoms with E-state index in [0.29, 0.717) is 13.0 Å². The summed E-state index contributed by atoms with van der Waals surface area (Å²) in [6.45, 7) is 6.52. The molecule has 0 fully saturated rings. The average molecular weight is 318 g/mol. The van der Waals surface area contributed by atoms with Gasteiger partial charge in [-0.2, -0.15) is 5.10 Å². The van der Waals surface area contributed by atoms with Crippen LogP contribution in [0.3, 0.4) is 0 Å². The van der Waals surface area contributed by atoms with Crippen molar-refractivity contribution in [3.05, 3.63) is 16.9 Å². The number of carbonyl (C=O) groups is 1. The molecule has 0 saturated heterocycles. The van der Waals surface area contributed by atoms with Gasteiger partial charge in [0.2, 0.25) is 0 Å². The Balaban J connectivity index is 2.69. The van der Waals surface area contributed by atoms with E-state index in [2.05, 4.69) is 26.3 Å². The van der Waals surface area contributed by atoms with Crippen LogP contribution in [-0.2, 0) is 16.1 Å². The van der Waals surface area contributed by atoms with E-state index in [1.165, 1.54) is 7.11 Å². The molecule has 1 unspecified atom stereocenters. The number of methoxy groups -OCH3 is 1. The van der Waals surface area contributed by atoms with Gasteiger partial charge in [-0.1, -0.05) is 0 Å². The number of aromatic nitrogens is 2. The zero-order valence-corrected chi connectivity index (χ0v) is 12.8. The van der Waals surface area contributed by atoms with Gasteiger partial charge in [0.15, 0.2) is 0 Å². The summed E-state index contributed by atoms with van der Waals surface area (Å²) in [6, 6.07) is 0.207. The molecule has 0 bridgehead atoms. The number of halogens is 1. The van der Waals surface area contributed by atoms with Gasteiger partial charge in [-0.25, -0.2) is 0 Å². The summed E-state index contributed by atoms with van der Waals surface area (Å²) in [6.07, 6.45) is 4.23. The summed E-state index contributed by atoms with van der Waals surface area (Å²) in [5.74, 6) is -0.248. The highest BCUT2D eigenvalue weighted by molar-refractivity contribution is 9.10. The lowest BCUT2D eigenvalue weighted by Crippen LogP contribution is -2.53. The Morgan fingerprint density at radius 2 is 2.33 bits per heavy atom. The Morgan fingerprint density at radius 3 is 2.78 bits per heavy atom. The second-order valence-corrected chi connectivity index (χ2v) is 5.71. The van der Waals surface area contributed by atoms with Crippen LogP contribution in [-0.4, -0.2) is 34.4 Å². The Labute approximate surface area is 116 Å². The number of esters is 1. The second-order valence-electron chi connectivity index (χ2n) is 4.79. The molecule has 0 aliphatic carbocycles. The standard InChI is InChI=1S/C12H20BrN3O2/c1-9(2)15-12(3,11(17)18-4)5-6-16-8-10(13)7-14-16/h7-9,15H,5-6H2,1-4H3. The van der Waals surface area contributed by atoms with Crippen molar-refractivity contribution in [2.45, 2.75) is 45.3 Å². The summed E-state index contributed by atoms with van der Waals surface area (Å²) in [5.41, 5.74) is -0.693. The van der Waals surface area contributed by atoms with Gasteiger partial charge in [-0.3, -0.25) is 14.8 Å². The molecule has 0 amide bonds. The smallest absolute Gasteiger partial charge is 0.325 e. The minimum atomic E-state index is -0.693. The van der Waals surface area contributed by atoms with E-state index in [0.717, 1.165) is 4.47 Å². The average Bonchev–Trinajstić information content (AvgIpc) is 2.70. The van der Waals surface area contributed by atoms with E-state index in [1.54, 1.807) is 10.9 Å². The van der Waals surface area contributed by atoms with Gasteiger partial charge in [-0.15, -0.1) is 0 Å². The van der Waals surface area contributed by atoms with Crippen LogP contribution in [0.5, 0.6) is 0 Å². The van der Waals surface area contributed by atoms with Crippen molar-refractivity contribution in [3.63, 3.8) is 0 Å². The van der Waals surface area contributed by atoms with Gasteiger partial charge < -0.3 is 4.74 Å². The molecule has 5 nitrogen and oxygen atoms in total. The summed E-state index contributed by atoms with van der Waals surface area (Å²) >= 11 is 3.34. The zero-order valence-electron chi connectivity index (χ0n) is 11.2. The van der Waals surface area contributed by atoms with Gasteiger partial charge in [0, 0.05) is 18.8 Å². The van der Waals surface area contributed by atoms with Crippen LogP contribution >= 0.6 is 15.9 Å². The SMILES string of the molecule is COC(=O)C(C)(CCn1cc(Br)cn1)NC(C)C. The molecule has 0 spiro atoms. The van der Waals surface area contributed by atoms with Crippen LogP contribution in [0.2, 0.25) is 0 Å². The maximum atomic E-state index is 11.9. The van der Waals surface area contributed by atoms with Crippen LogP contribution in [0.15, 0.2) is 16.9 Å². The van der Waals surface area contributed by atoms with Crippen LogP contribution in [0.25, 0.3) is 0 Å². The van der Waals surface area contributed by atoms with E-state index < -0.39 is 5.54 Å². The lowest BCUT2D eigenvalue weighted by atomic mass is 9.97. The van der Waals surface area contributed by atoms with Crippen molar-refractivity contribution >= 4 is 21.9 Å². The first-order chi connectivity index (χ1) is 8.37. The second kappa shape index (κ2) is 6.33. The van der Waals surface area contributed by atoms with Crippen LogP contribution in [0, 0.1) is 0 Å². The molecule has 0 aromatic carbocycles. The first-order valence-electron chi connectivity index (χ1n) is 5.91. The molecule has 1 atom stereocenters. The third-order valence-corrected chi connectivity index (χ3v) is 3.10. The van der Waals surface area contributed by atoms with Crippen molar-refractivity contribution in [2.75, 3.05) is 7.11 Å². The normalized spacial score (nSPS) is 14.6. The molecule has 1 aromatic heterocycles. The fourth-order valence-electron chi connectivity index (χ4n) is 1.89. The van der Waals surface area contributed by atoms with Crippen molar-refractivity contribution in [2.24, 2.45) is 0 Å². The number of hydrogen-bond acceptors (Lipinski definition) is 4. The van der Waals surface area contributed by atoms with E-state index in [-0.39, 0.29) is 12.0 Å². The lowest BCUT2D eigenvalue weighted by molar-refractivity contribution is -0.148. The van der Waals surface area contributed by atoms with E-state index in [4.69, 9.17) is 4.74 Å². The predicted octanol–water partition coefficient (Wildman–Crippen LogP) is 1.97. The molecule has 1 N–H and O–H groups in total. The predicted molar refractivity (Wildman–Crippen MR) is 73.2 cm³/mol. The number of nitrogens with zero attached hydrogens (tertiary/aromatic N) is 2. The van der Waals surface area contributed by atoms with Crippen molar-refractivity contribution in [3.8, 4) is 0 Å². The molecule has 1 heterocycles. The maximum absolute atomic E-state index is 11.9. The molecular weight excluding hydrogens is 298 g/mol. The van der Waals surface area contributed by atoms with E-state index in [9.17, 15) is 4.79 Å². The Bertz CT molecular complexity index is 406. The minimum Gasteiger partial charge on any atom is -0.468 e. The highest BCUT2D eigenvalue weighted by atomic mass is 79.9. The number of rotatable bonds is 6. The fraction of sp³-hybridized carbons (Fsp3) is 0.667. The Morgan fingerprint density at radius 1 is 1.67 bits per heavy atom. The Hall–Kier alpha value is -0.880. The van der Waals surface area contributed by atoms with Crippen LogP contribution in [0.1, 0.15) is 27.2 Å². The van der Waals surface area contributed by atoms with Crippen molar-refractivity contribution in [1.82, 2.24) is 15.1 Å². The number of nitrogens with one attached hydrogen (secondary N) is 1. The number of carbonyl (C=O) groups excluding carboxylic acids is 1. The lowest BCUT2D eigenvalue weighted by Gasteiger charge is -2.30. The van der Waals surface area contributed by atoms with Gasteiger partial charge in [0.1, 0.15) is 5.54 Å². The van der Waals surface area contributed by atoms with Gasteiger partial charge in [0.25, 0.3) is 0 Å². The molecule has 0 aliphatic heterocycles. The molecule has 1 rings (SSSR count). The molecule has 0 aliphatic rings. The highest BCUT2D eigenvalue weighted by Crippen LogP contribution is 2.15.